The van der Waals surface area contributed by atoms with Gasteiger partial charge < -0.3 is 0 Å². The van der Waals surface area contributed by atoms with Crippen LogP contribution in [0.4, 0.5) is 0 Å². The predicted octanol–water partition coefficient (Wildman–Crippen LogP) is 13.1. The minimum atomic E-state index is -0.494. The quantitative estimate of drug-likeness (QED) is 0.166. The summed E-state index contributed by atoms with van der Waals surface area (Å²) in [5.41, 5.74) is 7.11. The van der Waals surface area contributed by atoms with Crippen LogP contribution >= 0.6 is 23.2 Å². The minimum absolute atomic E-state index is 0.494. The largest absolute Gasteiger partial charge is 0.0827 e. The Labute approximate surface area is 282 Å². The highest BCUT2D eigenvalue weighted by Gasteiger charge is 2.46. The molecule has 0 amide bonds. The number of hydrogen-bond acceptors (Lipinski definition) is 0. The zero-order valence-corrected chi connectivity index (χ0v) is 26.8. The molecule has 0 saturated heterocycles. The second kappa shape index (κ2) is 9.93. The molecule has 47 heavy (non-hydrogen) atoms. The first-order chi connectivity index (χ1) is 23.2. The number of rotatable bonds is 2. The summed E-state index contributed by atoms with van der Waals surface area (Å²) in [7, 11) is 0. The zero-order valence-electron chi connectivity index (χ0n) is 25.3. The van der Waals surface area contributed by atoms with Gasteiger partial charge >= 0.3 is 0 Å². The maximum absolute atomic E-state index is 6.86. The highest BCUT2D eigenvalue weighted by molar-refractivity contribution is 6.45. The highest BCUT2D eigenvalue weighted by atomic mass is 35.5. The average Bonchev–Trinajstić information content (AvgIpc) is 3.42. The lowest BCUT2D eigenvalue weighted by Gasteiger charge is -2.34. The fourth-order valence-electron chi connectivity index (χ4n) is 8.59. The van der Waals surface area contributed by atoms with Gasteiger partial charge in [0.2, 0.25) is 0 Å². The molecule has 0 radical (unpaired) electrons. The third-order valence-electron chi connectivity index (χ3n) is 10.4. The van der Waals surface area contributed by atoms with Gasteiger partial charge in [-0.3, -0.25) is 0 Å². The molecule has 0 unspecified atom stereocenters. The number of hydrogen-bond donors (Lipinski definition) is 0. The van der Waals surface area contributed by atoms with Crippen LogP contribution < -0.4 is 0 Å². The number of halogens is 2. The molecule has 0 fully saturated rings. The van der Waals surface area contributed by atoms with Crippen LogP contribution in [0.15, 0.2) is 158 Å². The smallest absolute Gasteiger partial charge is 0.0713 e. The molecule has 220 valence electrons. The van der Waals surface area contributed by atoms with Crippen LogP contribution in [0.25, 0.3) is 65.0 Å². The summed E-state index contributed by atoms with van der Waals surface area (Å²) >= 11 is 13.7. The molecule has 9 aromatic rings. The van der Waals surface area contributed by atoms with E-state index in [1.807, 2.05) is 0 Å². The van der Waals surface area contributed by atoms with E-state index in [0.717, 1.165) is 10.8 Å². The van der Waals surface area contributed by atoms with Crippen molar-refractivity contribution in [3.8, 4) is 11.1 Å². The van der Waals surface area contributed by atoms with Gasteiger partial charge in [0.25, 0.3) is 0 Å². The van der Waals surface area contributed by atoms with E-state index in [1.54, 1.807) is 0 Å². The first-order valence-electron chi connectivity index (χ1n) is 16.0. The molecule has 0 aromatic heterocycles. The van der Waals surface area contributed by atoms with E-state index >= 15 is 0 Å². The van der Waals surface area contributed by atoms with Crippen molar-refractivity contribution in [1.29, 1.82) is 0 Å². The van der Waals surface area contributed by atoms with Crippen molar-refractivity contribution in [2.75, 3.05) is 0 Å². The average molecular weight is 638 g/mol. The van der Waals surface area contributed by atoms with Crippen LogP contribution in [0.5, 0.6) is 0 Å². The van der Waals surface area contributed by atoms with Gasteiger partial charge in [0.05, 0.1) is 15.5 Å². The Morgan fingerprint density at radius 3 is 1.36 bits per heavy atom. The normalized spacial score (nSPS) is 13.5. The van der Waals surface area contributed by atoms with Crippen molar-refractivity contribution in [2.45, 2.75) is 5.41 Å². The number of benzene rings is 9. The van der Waals surface area contributed by atoms with E-state index in [0.29, 0.717) is 10.0 Å². The summed E-state index contributed by atoms with van der Waals surface area (Å²) in [6, 6.07) is 57.5. The van der Waals surface area contributed by atoms with Crippen molar-refractivity contribution in [3.05, 3.63) is 190 Å². The molecule has 0 N–H and O–H groups in total. The molecule has 0 heterocycles. The minimum Gasteiger partial charge on any atom is -0.0827 e. The van der Waals surface area contributed by atoms with Gasteiger partial charge in [-0.25, -0.2) is 0 Å². The summed E-state index contributed by atoms with van der Waals surface area (Å²) in [5.74, 6) is 0. The Hall–Kier alpha value is -5.14. The molecular formula is C45H26Cl2. The van der Waals surface area contributed by atoms with Crippen LogP contribution in [0.3, 0.4) is 0 Å². The molecule has 0 spiro atoms. The lowest BCUT2D eigenvalue weighted by atomic mass is 9.67. The van der Waals surface area contributed by atoms with Crippen LogP contribution in [0, 0.1) is 0 Å². The fourth-order valence-corrected chi connectivity index (χ4v) is 8.92. The Morgan fingerprint density at radius 1 is 0.319 bits per heavy atom. The van der Waals surface area contributed by atoms with Crippen molar-refractivity contribution in [1.82, 2.24) is 0 Å². The van der Waals surface area contributed by atoms with Crippen LogP contribution in [-0.2, 0) is 5.41 Å². The van der Waals surface area contributed by atoms with E-state index in [-0.39, 0.29) is 0 Å². The van der Waals surface area contributed by atoms with E-state index in [9.17, 15) is 0 Å². The first-order valence-corrected chi connectivity index (χ1v) is 16.7. The maximum Gasteiger partial charge on any atom is 0.0713 e. The third-order valence-corrected chi connectivity index (χ3v) is 11.1. The van der Waals surface area contributed by atoms with Gasteiger partial charge in [-0.15, -0.1) is 0 Å². The van der Waals surface area contributed by atoms with Crippen molar-refractivity contribution in [3.63, 3.8) is 0 Å². The summed E-state index contributed by atoms with van der Waals surface area (Å²) < 4.78 is 0. The van der Waals surface area contributed by atoms with Crippen molar-refractivity contribution < 1.29 is 0 Å². The van der Waals surface area contributed by atoms with Gasteiger partial charge in [-0.1, -0.05) is 157 Å². The third kappa shape index (κ3) is 3.55. The van der Waals surface area contributed by atoms with Crippen LogP contribution in [0.2, 0.25) is 10.0 Å². The summed E-state index contributed by atoms with van der Waals surface area (Å²) in [6.07, 6.45) is 0. The molecule has 0 saturated carbocycles. The molecular weight excluding hydrogens is 611 g/mol. The summed E-state index contributed by atoms with van der Waals surface area (Å²) in [5, 5.41) is 13.1. The maximum atomic E-state index is 6.86. The van der Waals surface area contributed by atoms with Gasteiger partial charge in [-0.2, -0.15) is 0 Å². The van der Waals surface area contributed by atoms with E-state index in [4.69, 9.17) is 23.2 Å². The molecule has 9 aromatic carbocycles. The lowest BCUT2D eigenvalue weighted by molar-refractivity contribution is 0.769. The van der Waals surface area contributed by atoms with Gasteiger partial charge in [0.1, 0.15) is 0 Å². The lowest BCUT2D eigenvalue weighted by Crippen LogP contribution is -2.28. The first kappa shape index (κ1) is 27.0. The standard InChI is InChI=1S/C45H26Cl2/c46-41-25-35-34-24-40-36(31-19-11-12-22-39(31)45(40,27-13-3-1-4-14-27)28-15-5-2-6-16-28)23-37(34)43-32-20-9-7-17-29(32)30-18-8-10-21-33(30)44(43)38(35)26-42(41)47/h1-26H. The Bertz CT molecular complexity index is 2700. The molecule has 0 aliphatic heterocycles. The predicted molar refractivity (Wildman–Crippen MR) is 201 cm³/mol. The van der Waals surface area contributed by atoms with Crippen LogP contribution in [0.1, 0.15) is 22.3 Å². The molecule has 1 aliphatic rings. The summed E-state index contributed by atoms with van der Waals surface area (Å²) in [4.78, 5) is 0. The second-order valence-electron chi connectivity index (χ2n) is 12.6. The topological polar surface area (TPSA) is 0 Å². The monoisotopic (exact) mass is 636 g/mol. The molecule has 0 nitrogen and oxygen atoms in total. The zero-order chi connectivity index (χ0) is 31.3. The number of fused-ring (bicyclic) bond motifs is 14. The summed E-state index contributed by atoms with van der Waals surface area (Å²) in [6.45, 7) is 0. The molecule has 10 rings (SSSR count). The highest BCUT2D eigenvalue weighted by Crippen LogP contribution is 2.58. The molecule has 0 atom stereocenters. The Balaban J connectivity index is 1.50. The SMILES string of the molecule is Clc1cc2c3cc4c(cc3c3c5ccccc5c5ccccc5c3c2cc1Cl)-c1ccccc1C4(c1ccccc1)c1ccccc1. The van der Waals surface area contributed by atoms with E-state index in [1.165, 1.54) is 76.5 Å². The van der Waals surface area contributed by atoms with Gasteiger partial charge in [0.15, 0.2) is 0 Å². The molecule has 2 heteroatoms. The van der Waals surface area contributed by atoms with Crippen LogP contribution in [-0.4, -0.2) is 0 Å². The van der Waals surface area contributed by atoms with Crippen molar-refractivity contribution in [2.24, 2.45) is 0 Å². The Kier molecular flexibility index (Phi) is 5.71. The fraction of sp³-hybridized carbons (Fsp3) is 0.0222. The Morgan fingerprint density at radius 2 is 0.766 bits per heavy atom. The molecule has 1 aliphatic carbocycles. The van der Waals surface area contributed by atoms with E-state index < -0.39 is 5.41 Å². The second-order valence-corrected chi connectivity index (χ2v) is 13.4. The van der Waals surface area contributed by atoms with Gasteiger partial charge in [0, 0.05) is 0 Å². The van der Waals surface area contributed by atoms with Crippen molar-refractivity contribution >= 4 is 77.1 Å². The van der Waals surface area contributed by atoms with E-state index in [2.05, 4.69) is 158 Å². The van der Waals surface area contributed by atoms with Gasteiger partial charge in [-0.05, 0) is 112 Å². The molecule has 0 bridgehead atoms.